The molecule has 6 heteroatoms. The summed E-state index contributed by atoms with van der Waals surface area (Å²) >= 11 is 0. The molecule has 3 aromatic rings. The SMILES string of the molecule is Cc1ccc(-c2nn(-c3ccc(F)cc3)cc2C(=O)NC2CCNCC2)cc1. The van der Waals surface area contributed by atoms with E-state index in [1.807, 2.05) is 31.2 Å². The van der Waals surface area contributed by atoms with E-state index in [-0.39, 0.29) is 17.8 Å². The number of aryl methyl sites for hydroxylation is 1. The van der Waals surface area contributed by atoms with Gasteiger partial charge in [-0.3, -0.25) is 4.79 Å². The minimum atomic E-state index is -0.307. The lowest BCUT2D eigenvalue weighted by Gasteiger charge is -2.23. The molecular weight excluding hydrogens is 355 g/mol. The van der Waals surface area contributed by atoms with Gasteiger partial charge in [-0.15, -0.1) is 0 Å². The molecule has 2 aromatic carbocycles. The van der Waals surface area contributed by atoms with Crippen LogP contribution in [0, 0.1) is 12.7 Å². The highest BCUT2D eigenvalue weighted by atomic mass is 19.1. The minimum absolute atomic E-state index is 0.129. The molecule has 5 nitrogen and oxygen atoms in total. The summed E-state index contributed by atoms with van der Waals surface area (Å²) in [5.41, 5.74) is 3.86. The molecule has 0 aliphatic carbocycles. The normalized spacial score (nSPS) is 14.8. The third-order valence-electron chi connectivity index (χ3n) is 5.05. The predicted molar refractivity (Wildman–Crippen MR) is 107 cm³/mol. The highest BCUT2D eigenvalue weighted by Crippen LogP contribution is 2.25. The molecular formula is C22H23FN4O. The number of nitrogens with zero attached hydrogens (tertiary/aromatic N) is 2. The number of benzene rings is 2. The van der Waals surface area contributed by atoms with Gasteiger partial charge in [0.05, 0.1) is 11.3 Å². The quantitative estimate of drug-likeness (QED) is 0.731. The highest BCUT2D eigenvalue weighted by Gasteiger charge is 2.22. The lowest BCUT2D eigenvalue weighted by Crippen LogP contribution is -2.42. The number of nitrogens with one attached hydrogen (secondary N) is 2. The maximum Gasteiger partial charge on any atom is 0.255 e. The largest absolute Gasteiger partial charge is 0.349 e. The van der Waals surface area contributed by atoms with Crippen LogP contribution >= 0.6 is 0 Å². The van der Waals surface area contributed by atoms with Crippen LogP contribution in [0.4, 0.5) is 4.39 Å². The molecule has 0 unspecified atom stereocenters. The number of carbonyl (C=O) groups is 1. The molecule has 144 valence electrons. The van der Waals surface area contributed by atoms with Crippen molar-refractivity contribution in [2.45, 2.75) is 25.8 Å². The van der Waals surface area contributed by atoms with Gasteiger partial charge in [0.15, 0.2) is 0 Å². The number of amides is 1. The van der Waals surface area contributed by atoms with Gasteiger partial charge in [0.2, 0.25) is 0 Å². The van der Waals surface area contributed by atoms with Crippen molar-refractivity contribution >= 4 is 5.91 Å². The van der Waals surface area contributed by atoms with Crippen LogP contribution in [0.15, 0.2) is 54.7 Å². The second-order valence-corrected chi connectivity index (χ2v) is 7.18. The van der Waals surface area contributed by atoms with Crippen LogP contribution in [-0.4, -0.2) is 34.8 Å². The second-order valence-electron chi connectivity index (χ2n) is 7.18. The van der Waals surface area contributed by atoms with Crippen LogP contribution < -0.4 is 10.6 Å². The zero-order valence-electron chi connectivity index (χ0n) is 15.8. The molecule has 0 bridgehead atoms. The maximum absolute atomic E-state index is 13.3. The summed E-state index contributed by atoms with van der Waals surface area (Å²) in [4.78, 5) is 13.0. The van der Waals surface area contributed by atoms with Gasteiger partial charge in [-0.2, -0.15) is 5.10 Å². The Morgan fingerprint density at radius 1 is 1.11 bits per heavy atom. The molecule has 2 heterocycles. The van der Waals surface area contributed by atoms with E-state index in [1.165, 1.54) is 12.1 Å². The number of hydrogen-bond donors (Lipinski definition) is 2. The number of carbonyl (C=O) groups excluding carboxylic acids is 1. The molecule has 28 heavy (non-hydrogen) atoms. The van der Waals surface area contributed by atoms with Gasteiger partial charge >= 0.3 is 0 Å². The van der Waals surface area contributed by atoms with E-state index in [4.69, 9.17) is 0 Å². The first-order chi connectivity index (χ1) is 13.6. The summed E-state index contributed by atoms with van der Waals surface area (Å²) in [5.74, 6) is -0.436. The molecule has 0 spiro atoms. The Bertz CT molecular complexity index is 957. The standard InChI is InChI=1S/C22H23FN4O/c1-15-2-4-16(5-3-15)21-20(22(28)25-18-10-12-24-13-11-18)14-27(26-21)19-8-6-17(23)7-9-19/h2-9,14,18,24H,10-13H2,1H3,(H,25,28). The summed E-state index contributed by atoms with van der Waals surface area (Å²) < 4.78 is 14.9. The minimum Gasteiger partial charge on any atom is -0.349 e. The number of aromatic nitrogens is 2. The lowest BCUT2D eigenvalue weighted by atomic mass is 10.0. The fourth-order valence-electron chi connectivity index (χ4n) is 3.42. The maximum atomic E-state index is 13.3. The zero-order chi connectivity index (χ0) is 19.5. The van der Waals surface area contributed by atoms with E-state index in [0.717, 1.165) is 37.1 Å². The summed E-state index contributed by atoms with van der Waals surface area (Å²) in [6.07, 6.45) is 3.55. The monoisotopic (exact) mass is 378 g/mol. The number of halogens is 1. The van der Waals surface area contributed by atoms with Crippen LogP contribution in [0.25, 0.3) is 16.9 Å². The van der Waals surface area contributed by atoms with Crippen LogP contribution in [0.3, 0.4) is 0 Å². The molecule has 1 aromatic heterocycles. The van der Waals surface area contributed by atoms with E-state index in [1.54, 1.807) is 23.0 Å². The Hall–Kier alpha value is -2.99. The number of rotatable bonds is 4. The lowest BCUT2D eigenvalue weighted by molar-refractivity contribution is 0.0930. The fourth-order valence-corrected chi connectivity index (χ4v) is 3.42. The highest BCUT2D eigenvalue weighted by molar-refractivity contribution is 6.00. The summed E-state index contributed by atoms with van der Waals surface area (Å²) in [6, 6.07) is 14.2. The van der Waals surface area contributed by atoms with E-state index >= 15 is 0 Å². The van der Waals surface area contributed by atoms with Crippen molar-refractivity contribution in [3.63, 3.8) is 0 Å². The predicted octanol–water partition coefficient (Wildman–Crippen LogP) is 3.47. The number of piperidine rings is 1. The van der Waals surface area contributed by atoms with Gasteiger partial charge in [0.25, 0.3) is 5.91 Å². The zero-order valence-corrected chi connectivity index (χ0v) is 15.8. The van der Waals surface area contributed by atoms with Gasteiger partial charge in [0, 0.05) is 17.8 Å². The molecule has 0 atom stereocenters. The Kier molecular flexibility index (Phi) is 5.21. The Morgan fingerprint density at radius 3 is 2.46 bits per heavy atom. The van der Waals surface area contributed by atoms with Gasteiger partial charge in [-0.25, -0.2) is 9.07 Å². The van der Waals surface area contributed by atoms with Gasteiger partial charge in [-0.1, -0.05) is 29.8 Å². The summed E-state index contributed by atoms with van der Waals surface area (Å²) in [5, 5.41) is 11.1. The third-order valence-corrected chi connectivity index (χ3v) is 5.05. The average molecular weight is 378 g/mol. The van der Waals surface area contributed by atoms with Gasteiger partial charge in [0.1, 0.15) is 11.5 Å². The fraction of sp³-hybridized carbons (Fsp3) is 0.273. The van der Waals surface area contributed by atoms with Crippen LogP contribution in [0.1, 0.15) is 28.8 Å². The molecule has 1 aliphatic rings. The Labute approximate surface area is 163 Å². The Balaban J connectivity index is 1.70. The van der Waals surface area contributed by atoms with Crippen LogP contribution in [0.2, 0.25) is 0 Å². The van der Waals surface area contributed by atoms with Crippen molar-refractivity contribution in [2.75, 3.05) is 13.1 Å². The van der Waals surface area contributed by atoms with Crippen LogP contribution in [-0.2, 0) is 0 Å². The van der Waals surface area contributed by atoms with E-state index in [0.29, 0.717) is 16.9 Å². The molecule has 1 aliphatic heterocycles. The van der Waals surface area contributed by atoms with Crippen molar-refractivity contribution in [1.29, 1.82) is 0 Å². The van der Waals surface area contributed by atoms with E-state index in [2.05, 4.69) is 15.7 Å². The molecule has 1 fully saturated rings. The van der Waals surface area contributed by atoms with Crippen molar-refractivity contribution < 1.29 is 9.18 Å². The molecule has 4 rings (SSSR count). The third kappa shape index (κ3) is 3.97. The Morgan fingerprint density at radius 2 is 1.79 bits per heavy atom. The second kappa shape index (κ2) is 7.94. The van der Waals surface area contributed by atoms with E-state index in [9.17, 15) is 9.18 Å². The summed E-state index contributed by atoms with van der Waals surface area (Å²) in [7, 11) is 0. The average Bonchev–Trinajstić information content (AvgIpc) is 3.15. The van der Waals surface area contributed by atoms with Crippen LogP contribution in [0.5, 0.6) is 0 Å². The topological polar surface area (TPSA) is 59.0 Å². The first-order valence-corrected chi connectivity index (χ1v) is 9.54. The number of hydrogen-bond acceptors (Lipinski definition) is 3. The summed E-state index contributed by atoms with van der Waals surface area (Å²) in [6.45, 7) is 3.83. The van der Waals surface area contributed by atoms with Crippen molar-refractivity contribution in [2.24, 2.45) is 0 Å². The molecule has 0 radical (unpaired) electrons. The first kappa shape index (κ1) is 18.4. The van der Waals surface area contributed by atoms with Crippen molar-refractivity contribution in [3.8, 4) is 16.9 Å². The van der Waals surface area contributed by atoms with E-state index < -0.39 is 0 Å². The molecule has 0 saturated carbocycles. The smallest absolute Gasteiger partial charge is 0.255 e. The molecule has 2 N–H and O–H groups in total. The van der Waals surface area contributed by atoms with Crippen molar-refractivity contribution in [1.82, 2.24) is 20.4 Å². The molecule has 1 amide bonds. The van der Waals surface area contributed by atoms with Gasteiger partial charge < -0.3 is 10.6 Å². The van der Waals surface area contributed by atoms with Gasteiger partial charge in [-0.05, 0) is 57.1 Å². The first-order valence-electron chi connectivity index (χ1n) is 9.54. The molecule has 1 saturated heterocycles. The van der Waals surface area contributed by atoms with Crippen molar-refractivity contribution in [3.05, 3.63) is 71.7 Å².